The first-order valence-corrected chi connectivity index (χ1v) is 6.47. The van der Waals surface area contributed by atoms with Crippen molar-refractivity contribution < 1.29 is 14.6 Å². The molecule has 0 radical (unpaired) electrons. The molecule has 1 rings (SSSR count). The molecule has 0 aromatic rings. The Morgan fingerprint density at radius 3 is 2.59 bits per heavy atom. The van der Waals surface area contributed by atoms with Crippen molar-refractivity contribution in [2.75, 3.05) is 13.2 Å². The molecule has 0 heterocycles. The number of aliphatic hydroxyl groups excluding tert-OH is 1. The Hall–Kier alpha value is -0.610. The fourth-order valence-electron chi connectivity index (χ4n) is 2.00. The second-order valence-corrected chi connectivity index (χ2v) is 5.82. The van der Waals surface area contributed by atoms with E-state index in [9.17, 15) is 9.90 Å². The van der Waals surface area contributed by atoms with E-state index in [-0.39, 0.29) is 30.1 Å². The van der Waals surface area contributed by atoms with Crippen molar-refractivity contribution in [3.05, 3.63) is 0 Å². The zero-order valence-electron chi connectivity index (χ0n) is 11.2. The van der Waals surface area contributed by atoms with Gasteiger partial charge in [-0.25, -0.2) is 0 Å². The van der Waals surface area contributed by atoms with Gasteiger partial charge in [-0.05, 0) is 33.6 Å². The van der Waals surface area contributed by atoms with Crippen LogP contribution in [0, 0.1) is 5.92 Å². The Balaban J connectivity index is 2.19. The molecule has 1 amide bonds. The van der Waals surface area contributed by atoms with Gasteiger partial charge in [0.2, 0.25) is 5.91 Å². The van der Waals surface area contributed by atoms with E-state index in [0.29, 0.717) is 6.54 Å². The molecule has 0 aromatic carbocycles. The minimum absolute atomic E-state index is 0.0896. The summed E-state index contributed by atoms with van der Waals surface area (Å²) in [5.74, 6) is 0.111. The van der Waals surface area contributed by atoms with Crippen molar-refractivity contribution in [3.63, 3.8) is 0 Å². The average molecular weight is 243 g/mol. The second kappa shape index (κ2) is 6.36. The van der Waals surface area contributed by atoms with Gasteiger partial charge >= 0.3 is 0 Å². The maximum atomic E-state index is 11.5. The van der Waals surface area contributed by atoms with Crippen LogP contribution in [0.25, 0.3) is 0 Å². The number of hydrogen-bond donors (Lipinski definition) is 2. The molecule has 0 aromatic heterocycles. The fourth-order valence-corrected chi connectivity index (χ4v) is 2.00. The molecule has 1 saturated carbocycles. The molecule has 2 atom stereocenters. The summed E-state index contributed by atoms with van der Waals surface area (Å²) in [6.45, 7) is 6.42. The van der Waals surface area contributed by atoms with Gasteiger partial charge in [-0.1, -0.05) is 12.8 Å². The van der Waals surface area contributed by atoms with Crippen LogP contribution in [0.4, 0.5) is 0 Å². The van der Waals surface area contributed by atoms with Gasteiger partial charge in [0.05, 0.1) is 11.7 Å². The topological polar surface area (TPSA) is 58.6 Å². The van der Waals surface area contributed by atoms with Crippen molar-refractivity contribution in [1.29, 1.82) is 0 Å². The van der Waals surface area contributed by atoms with Crippen LogP contribution in [0.15, 0.2) is 0 Å². The number of amides is 1. The van der Waals surface area contributed by atoms with Crippen molar-refractivity contribution in [2.45, 2.75) is 58.2 Å². The molecular formula is C13H25NO3. The van der Waals surface area contributed by atoms with Crippen LogP contribution in [0.2, 0.25) is 0 Å². The highest BCUT2D eigenvalue weighted by Crippen LogP contribution is 2.23. The summed E-state index contributed by atoms with van der Waals surface area (Å²) in [6.07, 6.45) is 3.85. The van der Waals surface area contributed by atoms with Gasteiger partial charge < -0.3 is 15.2 Å². The normalized spacial score (nSPS) is 25.6. The van der Waals surface area contributed by atoms with E-state index in [1.807, 2.05) is 20.8 Å². The summed E-state index contributed by atoms with van der Waals surface area (Å²) in [7, 11) is 0. The highest BCUT2D eigenvalue weighted by Gasteiger charge is 2.23. The lowest BCUT2D eigenvalue weighted by molar-refractivity contribution is -0.131. The molecule has 4 heteroatoms. The lowest BCUT2D eigenvalue weighted by Gasteiger charge is -2.27. The van der Waals surface area contributed by atoms with Crippen LogP contribution in [0.3, 0.4) is 0 Å². The molecule has 1 fully saturated rings. The lowest BCUT2D eigenvalue weighted by Crippen LogP contribution is -2.39. The van der Waals surface area contributed by atoms with Crippen molar-refractivity contribution in [3.8, 4) is 0 Å². The first kappa shape index (κ1) is 14.5. The molecule has 17 heavy (non-hydrogen) atoms. The molecule has 2 unspecified atom stereocenters. The van der Waals surface area contributed by atoms with Gasteiger partial charge in [-0.15, -0.1) is 0 Å². The van der Waals surface area contributed by atoms with E-state index in [1.54, 1.807) is 0 Å². The minimum Gasteiger partial charge on any atom is -0.393 e. The Morgan fingerprint density at radius 1 is 1.35 bits per heavy atom. The van der Waals surface area contributed by atoms with Crippen LogP contribution in [-0.2, 0) is 9.53 Å². The van der Waals surface area contributed by atoms with E-state index in [1.165, 1.54) is 0 Å². The Bertz CT molecular complexity index is 248. The van der Waals surface area contributed by atoms with Gasteiger partial charge in [-0.2, -0.15) is 0 Å². The van der Waals surface area contributed by atoms with Crippen LogP contribution in [0.1, 0.15) is 46.5 Å². The standard InChI is InChI=1S/C13H25NO3/c1-13(2,3)17-9-12(16)14-8-10-6-4-5-7-11(10)15/h10-11,15H,4-9H2,1-3H3,(H,14,16). The van der Waals surface area contributed by atoms with E-state index in [2.05, 4.69) is 5.32 Å². The average Bonchev–Trinajstić information content (AvgIpc) is 2.24. The monoisotopic (exact) mass is 243 g/mol. The number of aliphatic hydroxyl groups is 1. The predicted octanol–water partition coefficient (Wildman–Crippen LogP) is 1.47. The van der Waals surface area contributed by atoms with E-state index < -0.39 is 0 Å². The highest BCUT2D eigenvalue weighted by molar-refractivity contribution is 5.77. The van der Waals surface area contributed by atoms with Crippen molar-refractivity contribution in [2.24, 2.45) is 5.92 Å². The molecule has 0 spiro atoms. The Kier molecular flexibility index (Phi) is 5.40. The third kappa shape index (κ3) is 6.03. The molecule has 1 aliphatic carbocycles. The first-order chi connectivity index (χ1) is 7.88. The highest BCUT2D eigenvalue weighted by atomic mass is 16.5. The quantitative estimate of drug-likeness (QED) is 0.786. The SMILES string of the molecule is CC(C)(C)OCC(=O)NCC1CCCCC1O. The maximum absolute atomic E-state index is 11.5. The summed E-state index contributed by atoms with van der Waals surface area (Å²) in [4.78, 5) is 11.5. The van der Waals surface area contributed by atoms with Gasteiger partial charge in [0, 0.05) is 12.5 Å². The lowest BCUT2D eigenvalue weighted by atomic mass is 9.86. The number of nitrogens with one attached hydrogen (secondary N) is 1. The van der Waals surface area contributed by atoms with Gasteiger partial charge in [-0.3, -0.25) is 4.79 Å². The molecule has 0 aliphatic heterocycles. The summed E-state index contributed by atoms with van der Waals surface area (Å²) in [5, 5.41) is 12.6. The number of ether oxygens (including phenoxy) is 1. The molecule has 2 N–H and O–H groups in total. The summed E-state index contributed by atoms with van der Waals surface area (Å²) in [5.41, 5.74) is -0.290. The summed E-state index contributed by atoms with van der Waals surface area (Å²) < 4.78 is 5.38. The van der Waals surface area contributed by atoms with Gasteiger partial charge in [0.25, 0.3) is 0 Å². The Labute approximate surface area is 104 Å². The number of rotatable bonds is 4. The zero-order chi connectivity index (χ0) is 12.9. The van der Waals surface area contributed by atoms with Crippen LogP contribution in [0.5, 0.6) is 0 Å². The molecule has 100 valence electrons. The smallest absolute Gasteiger partial charge is 0.246 e. The molecule has 4 nitrogen and oxygen atoms in total. The number of carbonyl (C=O) groups is 1. The third-order valence-electron chi connectivity index (χ3n) is 3.07. The third-order valence-corrected chi connectivity index (χ3v) is 3.07. The number of carbonyl (C=O) groups excluding carboxylic acids is 1. The Morgan fingerprint density at radius 2 is 2.00 bits per heavy atom. The van der Waals surface area contributed by atoms with Crippen molar-refractivity contribution >= 4 is 5.91 Å². The molecule has 0 saturated heterocycles. The minimum atomic E-state index is -0.290. The van der Waals surface area contributed by atoms with Gasteiger partial charge in [0.1, 0.15) is 6.61 Å². The van der Waals surface area contributed by atoms with E-state index in [4.69, 9.17) is 4.74 Å². The largest absolute Gasteiger partial charge is 0.393 e. The van der Waals surface area contributed by atoms with Crippen molar-refractivity contribution in [1.82, 2.24) is 5.32 Å². The predicted molar refractivity (Wildman–Crippen MR) is 66.7 cm³/mol. The van der Waals surface area contributed by atoms with Gasteiger partial charge in [0.15, 0.2) is 0 Å². The van der Waals surface area contributed by atoms with Crippen LogP contribution >= 0.6 is 0 Å². The maximum Gasteiger partial charge on any atom is 0.246 e. The van der Waals surface area contributed by atoms with Crippen LogP contribution < -0.4 is 5.32 Å². The second-order valence-electron chi connectivity index (χ2n) is 5.82. The fraction of sp³-hybridized carbons (Fsp3) is 0.923. The number of hydrogen-bond acceptors (Lipinski definition) is 3. The first-order valence-electron chi connectivity index (χ1n) is 6.47. The van der Waals surface area contributed by atoms with E-state index in [0.717, 1.165) is 25.7 Å². The molecule has 1 aliphatic rings. The molecular weight excluding hydrogens is 218 g/mol. The molecule has 0 bridgehead atoms. The summed E-state index contributed by atoms with van der Waals surface area (Å²) >= 11 is 0. The summed E-state index contributed by atoms with van der Waals surface area (Å²) in [6, 6.07) is 0. The van der Waals surface area contributed by atoms with E-state index >= 15 is 0 Å². The zero-order valence-corrected chi connectivity index (χ0v) is 11.2. The van der Waals surface area contributed by atoms with Crippen LogP contribution in [-0.4, -0.2) is 35.9 Å².